The van der Waals surface area contributed by atoms with Gasteiger partial charge in [0, 0.05) is 25.7 Å². The molecule has 0 bridgehead atoms. The zero-order valence-electron chi connectivity index (χ0n) is 57.9. The summed E-state index contributed by atoms with van der Waals surface area (Å²) in [5, 5.41) is 10.6. The van der Waals surface area contributed by atoms with E-state index in [1.807, 2.05) is 0 Å². The Kier molecular flexibility index (Phi) is 59.6. The molecule has 0 amide bonds. The van der Waals surface area contributed by atoms with E-state index in [4.69, 9.17) is 37.0 Å². The minimum Gasteiger partial charge on any atom is -0.462 e. The van der Waals surface area contributed by atoms with Gasteiger partial charge in [0.05, 0.1) is 26.4 Å². The van der Waals surface area contributed by atoms with Crippen LogP contribution in [-0.4, -0.2) is 96.7 Å². The molecule has 0 spiro atoms. The highest BCUT2D eigenvalue weighted by Gasteiger charge is 2.30. The first-order valence-corrected chi connectivity index (χ1v) is 39.4. The Morgan fingerprint density at radius 3 is 0.854 bits per heavy atom. The molecule has 0 aliphatic carbocycles. The average Bonchev–Trinajstić information content (AvgIpc) is 3.72. The highest BCUT2D eigenvalue weighted by molar-refractivity contribution is 7.47. The summed E-state index contributed by atoms with van der Waals surface area (Å²) in [5.74, 6) is 0.0458. The van der Waals surface area contributed by atoms with Gasteiger partial charge in [-0.15, -0.1) is 0 Å². The van der Waals surface area contributed by atoms with Crippen LogP contribution in [0.2, 0.25) is 0 Å². The second kappa shape index (κ2) is 61.0. The lowest BCUT2D eigenvalue weighted by Gasteiger charge is -2.21. The molecule has 89 heavy (non-hydrogen) atoms. The maximum absolute atomic E-state index is 13.0. The van der Waals surface area contributed by atoms with Crippen LogP contribution in [0.25, 0.3) is 0 Å². The van der Waals surface area contributed by atoms with E-state index in [0.717, 1.165) is 114 Å². The molecule has 0 radical (unpaired) electrons. The van der Waals surface area contributed by atoms with Crippen molar-refractivity contribution < 1.29 is 80.2 Å². The molecule has 0 aliphatic heterocycles. The molecule has 0 heterocycles. The molecule has 19 heteroatoms. The number of phosphoric ester groups is 2. The van der Waals surface area contributed by atoms with E-state index in [1.54, 1.807) is 0 Å². The molecular weight excluding hydrogens is 1170 g/mol. The largest absolute Gasteiger partial charge is 0.472 e. The van der Waals surface area contributed by atoms with Crippen LogP contribution >= 0.6 is 15.6 Å². The molecule has 0 aliphatic rings. The van der Waals surface area contributed by atoms with E-state index in [-0.39, 0.29) is 25.7 Å². The number of rotatable bonds is 68. The minimum absolute atomic E-state index is 0.102. The summed E-state index contributed by atoms with van der Waals surface area (Å²) in [5.41, 5.74) is 0. The molecule has 17 nitrogen and oxygen atoms in total. The van der Waals surface area contributed by atoms with E-state index in [0.29, 0.717) is 25.7 Å². The van der Waals surface area contributed by atoms with E-state index >= 15 is 0 Å². The molecule has 4 unspecified atom stereocenters. The van der Waals surface area contributed by atoms with Gasteiger partial charge >= 0.3 is 39.5 Å². The molecule has 0 saturated carbocycles. The summed E-state index contributed by atoms with van der Waals surface area (Å²) in [6, 6.07) is 0. The summed E-state index contributed by atoms with van der Waals surface area (Å²) in [7, 11) is -9.90. The summed E-state index contributed by atoms with van der Waals surface area (Å²) in [4.78, 5) is 72.5. The highest BCUT2D eigenvalue weighted by atomic mass is 31.2. The van der Waals surface area contributed by atoms with Gasteiger partial charge in [0.15, 0.2) is 12.2 Å². The van der Waals surface area contributed by atoms with Crippen LogP contribution in [0.4, 0.5) is 0 Å². The first-order valence-electron chi connectivity index (χ1n) is 36.4. The van der Waals surface area contributed by atoms with Gasteiger partial charge in [0.25, 0.3) is 0 Å². The molecule has 0 fully saturated rings. The van der Waals surface area contributed by atoms with Crippen molar-refractivity contribution in [2.24, 2.45) is 17.8 Å². The van der Waals surface area contributed by atoms with Crippen molar-refractivity contribution in [3.8, 4) is 0 Å². The van der Waals surface area contributed by atoms with Crippen LogP contribution in [0, 0.1) is 17.8 Å². The Labute approximate surface area is 543 Å². The topological polar surface area (TPSA) is 237 Å². The molecule has 3 N–H and O–H groups in total. The van der Waals surface area contributed by atoms with Gasteiger partial charge in [-0.1, -0.05) is 299 Å². The van der Waals surface area contributed by atoms with Crippen LogP contribution < -0.4 is 0 Å². The summed E-state index contributed by atoms with van der Waals surface area (Å²) in [6.45, 7) is 11.7. The molecule has 7 atom stereocenters. The average molecular weight is 1310 g/mol. The van der Waals surface area contributed by atoms with Crippen LogP contribution in [-0.2, 0) is 65.4 Å². The minimum atomic E-state index is -4.95. The Hall–Kier alpha value is -1.94. The zero-order chi connectivity index (χ0) is 65.9. The Morgan fingerprint density at radius 1 is 0.326 bits per heavy atom. The maximum atomic E-state index is 13.0. The maximum Gasteiger partial charge on any atom is 0.472 e. The first kappa shape index (κ1) is 87.1. The number of hydrogen-bond donors (Lipinski definition) is 3. The summed E-state index contributed by atoms with van der Waals surface area (Å²) >= 11 is 0. The summed E-state index contributed by atoms with van der Waals surface area (Å²) in [6.07, 6.45) is 44.6. The Bertz CT molecular complexity index is 1750. The molecule has 0 saturated heterocycles. The van der Waals surface area contributed by atoms with Crippen LogP contribution in [0.3, 0.4) is 0 Å². The van der Waals surface area contributed by atoms with Gasteiger partial charge in [0.2, 0.25) is 0 Å². The molecular formula is C70H136O17P2. The third-order valence-electron chi connectivity index (χ3n) is 16.9. The lowest BCUT2D eigenvalue weighted by molar-refractivity contribution is -0.161. The second-order valence-electron chi connectivity index (χ2n) is 26.2. The lowest BCUT2D eigenvalue weighted by Crippen LogP contribution is -2.30. The molecule has 528 valence electrons. The number of esters is 4. The predicted octanol–water partition coefficient (Wildman–Crippen LogP) is 19.8. The van der Waals surface area contributed by atoms with Crippen molar-refractivity contribution in [1.29, 1.82) is 0 Å². The summed E-state index contributed by atoms with van der Waals surface area (Å²) < 4.78 is 68.2. The number of aliphatic hydroxyl groups is 1. The Morgan fingerprint density at radius 2 is 0.573 bits per heavy atom. The van der Waals surface area contributed by atoms with E-state index in [1.165, 1.54) is 154 Å². The van der Waals surface area contributed by atoms with Crippen LogP contribution in [0.1, 0.15) is 350 Å². The normalized spacial score (nSPS) is 14.8. The van der Waals surface area contributed by atoms with Crippen LogP contribution in [0.15, 0.2) is 0 Å². The van der Waals surface area contributed by atoms with Crippen molar-refractivity contribution >= 4 is 39.5 Å². The number of aliphatic hydroxyl groups excluding tert-OH is 1. The number of phosphoric acid groups is 2. The number of hydrogen-bond acceptors (Lipinski definition) is 15. The van der Waals surface area contributed by atoms with Gasteiger partial charge in [0.1, 0.15) is 19.3 Å². The molecule has 0 aromatic heterocycles. The van der Waals surface area contributed by atoms with Gasteiger partial charge < -0.3 is 33.8 Å². The SMILES string of the molecule is CCCCCCCCCCCCCCCCCCCCC(=O)O[C@H](COC(=O)CCCCCCCCCCC(C)C)COP(=O)(O)OC[C@@H](O)COP(=O)(O)OC[C@@H](COC(=O)CCCCCCCCC(C)CC)OC(=O)CCCCCCCCC(C)CC. The molecule has 0 aromatic carbocycles. The van der Waals surface area contributed by atoms with Gasteiger partial charge in [-0.2, -0.15) is 0 Å². The first-order chi connectivity index (χ1) is 42.8. The number of carbonyl (C=O) groups excluding carboxylic acids is 4. The van der Waals surface area contributed by atoms with Crippen molar-refractivity contribution in [1.82, 2.24) is 0 Å². The highest BCUT2D eigenvalue weighted by Crippen LogP contribution is 2.45. The van der Waals surface area contributed by atoms with Crippen LogP contribution in [0.5, 0.6) is 0 Å². The predicted molar refractivity (Wildman–Crippen MR) is 358 cm³/mol. The van der Waals surface area contributed by atoms with E-state index < -0.39 is 97.5 Å². The van der Waals surface area contributed by atoms with Crippen molar-refractivity contribution in [2.75, 3.05) is 39.6 Å². The second-order valence-corrected chi connectivity index (χ2v) is 29.1. The Balaban J connectivity index is 5.22. The van der Waals surface area contributed by atoms with Crippen molar-refractivity contribution in [3.05, 3.63) is 0 Å². The third kappa shape index (κ3) is 62.0. The molecule has 0 aromatic rings. The van der Waals surface area contributed by atoms with E-state index in [2.05, 4.69) is 48.5 Å². The van der Waals surface area contributed by atoms with Gasteiger partial charge in [-0.05, 0) is 43.4 Å². The fourth-order valence-electron chi connectivity index (χ4n) is 10.5. The lowest BCUT2D eigenvalue weighted by atomic mass is 10.00. The van der Waals surface area contributed by atoms with Gasteiger partial charge in [-0.25, -0.2) is 9.13 Å². The van der Waals surface area contributed by atoms with Gasteiger partial charge in [-0.3, -0.25) is 37.3 Å². The standard InChI is InChI=1S/C70H136O17P2/c1-8-11-12-13-14-15-16-17-18-19-20-21-22-23-24-29-39-46-53-69(74)86-65(57-80-67(72)51-44-37-28-26-25-27-34-41-48-61(4)5)59-84-88(76,77)82-55-64(71)56-83-89(78,79)85-60-66(87-70(75)54-47-40-33-31-36-43-50-63(7)10-3)58-81-68(73)52-45-38-32-30-35-42-49-62(6)9-2/h61-66,71H,8-60H2,1-7H3,(H,76,77)(H,78,79)/t62?,63?,64-,65-,66-/m1/s1. The number of ether oxygens (including phenoxy) is 4. The zero-order valence-corrected chi connectivity index (χ0v) is 59.7. The third-order valence-corrected chi connectivity index (χ3v) is 18.8. The quantitative estimate of drug-likeness (QED) is 0.0222. The monoisotopic (exact) mass is 1310 g/mol. The van der Waals surface area contributed by atoms with Crippen molar-refractivity contribution in [2.45, 2.75) is 369 Å². The smallest absolute Gasteiger partial charge is 0.462 e. The fourth-order valence-corrected chi connectivity index (χ4v) is 12.1. The van der Waals surface area contributed by atoms with Crippen molar-refractivity contribution in [3.63, 3.8) is 0 Å². The number of unbranched alkanes of at least 4 members (excludes halogenated alkanes) is 34. The number of carbonyl (C=O) groups is 4. The van der Waals surface area contributed by atoms with E-state index in [9.17, 15) is 43.2 Å². The fraction of sp³-hybridized carbons (Fsp3) is 0.943. The molecule has 0 rings (SSSR count).